The summed E-state index contributed by atoms with van der Waals surface area (Å²) in [6.07, 6.45) is 1.54. The van der Waals surface area contributed by atoms with Crippen molar-refractivity contribution in [2.24, 2.45) is 11.7 Å². The molecule has 24 heavy (non-hydrogen) atoms. The lowest BCUT2D eigenvalue weighted by Crippen LogP contribution is -2.44. The molecular formula is C16H25N3O4S. The number of hydrogen-bond donors (Lipinski definition) is 2. The molecule has 3 N–H and O–H groups in total. The lowest BCUT2D eigenvalue weighted by molar-refractivity contribution is -0.119. The van der Waals surface area contributed by atoms with Crippen LogP contribution in [0.25, 0.3) is 0 Å². The standard InChI is InChI=1S/C16H25N3O4S/c1-16(2,3)12-11(14(21)22-4)24-15(18-12)19-13(20)10(17)9-5-7-23-8-6-9/h9-10H,5-8,17H2,1-4H3,(H,18,19,20). The van der Waals surface area contributed by atoms with Gasteiger partial charge >= 0.3 is 5.97 Å². The van der Waals surface area contributed by atoms with E-state index in [4.69, 9.17) is 15.2 Å². The van der Waals surface area contributed by atoms with Gasteiger partial charge in [0.1, 0.15) is 4.88 Å². The van der Waals surface area contributed by atoms with Crippen LogP contribution in [0.4, 0.5) is 5.13 Å². The Labute approximate surface area is 145 Å². The van der Waals surface area contributed by atoms with E-state index in [0.29, 0.717) is 28.9 Å². The number of hydrogen-bond acceptors (Lipinski definition) is 7. The second-order valence-corrected chi connectivity index (χ2v) is 7.90. The first-order valence-corrected chi connectivity index (χ1v) is 8.79. The third-order valence-corrected chi connectivity index (χ3v) is 4.97. The van der Waals surface area contributed by atoms with Crippen molar-refractivity contribution in [3.05, 3.63) is 10.6 Å². The first-order chi connectivity index (χ1) is 11.2. The molecule has 1 saturated heterocycles. The number of rotatable bonds is 4. The molecule has 7 nitrogen and oxygen atoms in total. The molecule has 1 aliphatic heterocycles. The number of amides is 1. The van der Waals surface area contributed by atoms with Crippen LogP contribution in [0.15, 0.2) is 0 Å². The Balaban J connectivity index is 2.15. The molecule has 0 saturated carbocycles. The molecule has 1 amide bonds. The SMILES string of the molecule is COC(=O)c1sc(NC(=O)C(N)C2CCOCC2)nc1C(C)(C)C. The quantitative estimate of drug-likeness (QED) is 0.800. The summed E-state index contributed by atoms with van der Waals surface area (Å²) in [6.45, 7) is 7.11. The summed E-state index contributed by atoms with van der Waals surface area (Å²) in [6, 6.07) is -0.613. The number of methoxy groups -OCH3 is 1. The maximum Gasteiger partial charge on any atom is 0.350 e. The van der Waals surface area contributed by atoms with Gasteiger partial charge in [-0.25, -0.2) is 9.78 Å². The Morgan fingerprint density at radius 3 is 2.54 bits per heavy atom. The highest BCUT2D eigenvalue weighted by Crippen LogP contribution is 2.32. The summed E-state index contributed by atoms with van der Waals surface area (Å²) in [4.78, 5) is 29.2. The molecule has 1 unspecified atom stereocenters. The first-order valence-electron chi connectivity index (χ1n) is 7.98. The van der Waals surface area contributed by atoms with Crippen molar-refractivity contribution in [1.29, 1.82) is 0 Å². The van der Waals surface area contributed by atoms with E-state index >= 15 is 0 Å². The third kappa shape index (κ3) is 4.31. The number of aromatic nitrogens is 1. The number of ether oxygens (including phenoxy) is 2. The highest BCUT2D eigenvalue weighted by atomic mass is 32.1. The van der Waals surface area contributed by atoms with Crippen LogP contribution in [-0.4, -0.2) is 43.2 Å². The second kappa shape index (κ2) is 7.58. The van der Waals surface area contributed by atoms with Gasteiger partial charge in [-0.3, -0.25) is 4.79 Å². The molecule has 1 fully saturated rings. The smallest absolute Gasteiger partial charge is 0.350 e. The number of nitrogens with two attached hydrogens (primary N) is 1. The Hall–Kier alpha value is -1.51. The number of anilines is 1. The van der Waals surface area contributed by atoms with E-state index in [1.165, 1.54) is 7.11 Å². The predicted molar refractivity (Wildman–Crippen MR) is 92.3 cm³/mol. The van der Waals surface area contributed by atoms with E-state index in [2.05, 4.69) is 10.3 Å². The summed E-state index contributed by atoms with van der Waals surface area (Å²) in [5.74, 6) is -0.639. The molecule has 2 heterocycles. The Morgan fingerprint density at radius 1 is 1.38 bits per heavy atom. The van der Waals surface area contributed by atoms with E-state index in [9.17, 15) is 9.59 Å². The van der Waals surface area contributed by atoms with Crippen LogP contribution in [-0.2, 0) is 19.7 Å². The van der Waals surface area contributed by atoms with Crippen molar-refractivity contribution in [1.82, 2.24) is 4.98 Å². The van der Waals surface area contributed by atoms with E-state index < -0.39 is 12.0 Å². The largest absolute Gasteiger partial charge is 0.465 e. The topological polar surface area (TPSA) is 104 Å². The van der Waals surface area contributed by atoms with Crippen LogP contribution in [0, 0.1) is 5.92 Å². The van der Waals surface area contributed by atoms with E-state index in [1.54, 1.807) is 0 Å². The molecule has 0 radical (unpaired) electrons. The summed E-state index contributed by atoms with van der Waals surface area (Å²) >= 11 is 1.11. The maximum absolute atomic E-state index is 12.4. The van der Waals surface area contributed by atoms with Crippen LogP contribution < -0.4 is 11.1 Å². The van der Waals surface area contributed by atoms with Crippen LogP contribution in [0.5, 0.6) is 0 Å². The average Bonchev–Trinajstić information content (AvgIpc) is 2.98. The zero-order valence-corrected chi connectivity index (χ0v) is 15.4. The predicted octanol–water partition coefficient (Wildman–Crippen LogP) is 1.92. The maximum atomic E-state index is 12.4. The zero-order chi connectivity index (χ0) is 17.9. The second-order valence-electron chi connectivity index (χ2n) is 6.90. The van der Waals surface area contributed by atoms with Crippen molar-refractivity contribution in [2.75, 3.05) is 25.6 Å². The molecular weight excluding hydrogens is 330 g/mol. The molecule has 134 valence electrons. The Bertz CT molecular complexity index is 603. The molecule has 2 rings (SSSR count). The van der Waals surface area contributed by atoms with E-state index in [1.807, 2.05) is 20.8 Å². The molecule has 0 spiro atoms. The van der Waals surface area contributed by atoms with Crippen molar-refractivity contribution in [3.8, 4) is 0 Å². The molecule has 1 aromatic heterocycles. The van der Waals surface area contributed by atoms with Gasteiger partial charge in [0.2, 0.25) is 5.91 Å². The van der Waals surface area contributed by atoms with Gasteiger partial charge in [0, 0.05) is 18.6 Å². The normalized spacial score (nSPS) is 17.4. The van der Waals surface area contributed by atoms with Gasteiger partial charge in [-0.15, -0.1) is 0 Å². The summed E-state index contributed by atoms with van der Waals surface area (Å²) in [5.41, 5.74) is 6.34. The number of carbonyl (C=O) groups is 2. The highest BCUT2D eigenvalue weighted by Gasteiger charge is 2.30. The Kier molecular flexibility index (Phi) is 5.95. The van der Waals surface area contributed by atoms with Crippen LogP contribution in [0.1, 0.15) is 49.0 Å². The molecule has 0 bridgehead atoms. The van der Waals surface area contributed by atoms with Gasteiger partial charge in [-0.1, -0.05) is 32.1 Å². The fraction of sp³-hybridized carbons (Fsp3) is 0.688. The number of thiazole rings is 1. The van der Waals surface area contributed by atoms with Crippen molar-refractivity contribution >= 4 is 28.3 Å². The molecule has 1 atom stereocenters. The van der Waals surface area contributed by atoms with Gasteiger partial charge in [0.15, 0.2) is 5.13 Å². The summed E-state index contributed by atoms with van der Waals surface area (Å²) in [5, 5.41) is 3.11. The van der Waals surface area contributed by atoms with Gasteiger partial charge < -0.3 is 20.5 Å². The minimum absolute atomic E-state index is 0.0980. The van der Waals surface area contributed by atoms with Gasteiger partial charge in [-0.05, 0) is 18.8 Å². The fourth-order valence-electron chi connectivity index (χ4n) is 2.59. The number of carbonyl (C=O) groups excluding carboxylic acids is 2. The highest BCUT2D eigenvalue weighted by molar-refractivity contribution is 7.17. The minimum Gasteiger partial charge on any atom is -0.465 e. The van der Waals surface area contributed by atoms with Gasteiger partial charge in [0.25, 0.3) is 0 Å². The summed E-state index contributed by atoms with van der Waals surface area (Å²) < 4.78 is 10.1. The molecule has 1 aliphatic rings. The minimum atomic E-state index is -0.613. The molecule has 0 aliphatic carbocycles. The summed E-state index contributed by atoms with van der Waals surface area (Å²) in [7, 11) is 1.33. The van der Waals surface area contributed by atoms with Crippen molar-refractivity contribution < 1.29 is 19.1 Å². The first kappa shape index (κ1) is 18.8. The van der Waals surface area contributed by atoms with Crippen LogP contribution >= 0.6 is 11.3 Å². The van der Waals surface area contributed by atoms with Crippen LogP contribution in [0.2, 0.25) is 0 Å². The van der Waals surface area contributed by atoms with Crippen LogP contribution in [0.3, 0.4) is 0 Å². The van der Waals surface area contributed by atoms with E-state index in [0.717, 1.165) is 24.2 Å². The number of esters is 1. The molecule has 0 aromatic carbocycles. The number of nitrogens with one attached hydrogen (secondary N) is 1. The molecule has 1 aromatic rings. The van der Waals surface area contributed by atoms with E-state index in [-0.39, 0.29) is 17.2 Å². The molecule has 8 heteroatoms. The Morgan fingerprint density at radius 2 is 2.00 bits per heavy atom. The zero-order valence-electron chi connectivity index (χ0n) is 14.5. The average molecular weight is 355 g/mol. The van der Waals surface area contributed by atoms with Gasteiger partial charge in [-0.2, -0.15) is 0 Å². The lowest BCUT2D eigenvalue weighted by Gasteiger charge is -2.26. The number of nitrogens with zero attached hydrogens (tertiary/aromatic N) is 1. The van der Waals surface area contributed by atoms with Crippen molar-refractivity contribution in [3.63, 3.8) is 0 Å². The van der Waals surface area contributed by atoms with Gasteiger partial charge in [0.05, 0.1) is 18.8 Å². The third-order valence-electron chi connectivity index (χ3n) is 4.02. The monoisotopic (exact) mass is 355 g/mol. The fourth-order valence-corrected chi connectivity index (χ4v) is 3.69. The van der Waals surface area contributed by atoms with Crippen molar-refractivity contribution in [2.45, 2.75) is 45.1 Å². The lowest BCUT2D eigenvalue weighted by atomic mass is 9.91.